The molecule has 0 amide bonds. The number of nitrogens with zero attached hydrogens (tertiary/aromatic N) is 3. The Balaban J connectivity index is 1.78. The van der Waals surface area contributed by atoms with Gasteiger partial charge < -0.3 is 9.88 Å². The number of aromatic nitrogens is 3. The fourth-order valence-electron chi connectivity index (χ4n) is 3.14. The standard InChI is InChI=1S/C15H18N4/c1-2-8-19-14(3-1)17-18-15(19)12-5-4-11-6-7-16-10-13(11)9-12/h4-5,9,16H,1-3,6-8,10H2. The molecule has 2 aromatic rings. The van der Waals surface area contributed by atoms with Gasteiger partial charge >= 0.3 is 0 Å². The summed E-state index contributed by atoms with van der Waals surface area (Å²) in [5.74, 6) is 2.19. The van der Waals surface area contributed by atoms with Gasteiger partial charge in [0.15, 0.2) is 5.82 Å². The van der Waals surface area contributed by atoms with E-state index in [4.69, 9.17) is 0 Å². The van der Waals surface area contributed by atoms with Gasteiger partial charge in [-0.05, 0) is 43.0 Å². The van der Waals surface area contributed by atoms with Crippen LogP contribution in [0.1, 0.15) is 29.8 Å². The van der Waals surface area contributed by atoms with Crippen LogP contribution in [0.3, 0.4) is 0 Å². The Labute approximate surface area is 112 Å². The summed E-state index contributed by atoms with van der Waals surface area (Å²) in [7, 11) is 0. The molecule has 0 bridgehead atoms. The van der Waals surface area contributed by atoms with Crippen LogP contribution < -0.4 is 5.32 Å². The zero-order valence-corrected chi connectivity index (χ0v) is 11.0. The van der Waals surface area contributed by atoms with E-state index in [2.05, 4.69) is 38.3 Å². The van der Waals surface area contributed by atoms with Crippen LogP contribution in [-0.2, 0) is 25.9 Å². The molecule has 1 aromatic carbocycles. The first kappa shape index (κ1) is 11.2. The average molecular weight is 254 g/mol. The average Bonchev–Trinajstić information content (AvgIpc) is 2.91. The van der Waals surface area contributed by atoms with Gasteiger partial charge in [-0.25, -0.2) is 0 Å². The normalized spacial score (nSPS) is 17.9. The first-order valence-corrected chi connectivity index (χ1v) is 7.17. The van der Waals surface area contributed by atoms with Crippen LogP contribution in [0.5, 0.6) is 0 Å². The SMILES string of the molecule is c1cc2c(cc1-c1nnc3n1CCCC3)CNCC2. The van der Waals surface area contributed by atoms with Gasteiger partial charge in [-0.3, -0.25) is 0 Å². The molecule has 3 heterocycles. The first-order valence-electron chi connectivity index (χ1n) is 7.17. The zero-order valence-electron chi connectivity index (χ0n) is 11.0. The molecule has 1 N–H and O–H groups in total. The van der Waals surface area contributed by atoms with Crippen molar-refractivity contribution in [3.63, 3.8) is 0 Å². The number of hydrogen-bond donors (Lipinski definition) is 1. The summed E-state index contributed by atoms with van der Waals surface area (Å²) in [6.07, 6.45) is 4.68. The summed E-state index contributed by atoms with van der Waals surface area (Å²) in [5, 5.41) is 12.2. The predicted octanol–water partition coefficient (Wildman–Crippen LogP) is 1.93. The lowest BCUT2D eigenvalue weighted by molar-refractivity contribution is 0.526. The zero-order chi connectivity index (χ0) is 12.7. The lowest BCUT2D eigenvalue weighted by Crippen LogP contribution is -2.23. The Hall–Kier alpha value is -1.68. The van der Waals surface area contributed by atoms with Gasteiger partial charge in [0.1, 0.15) is 5.82 Å². The molecule has 0 aliphatic carbocycles. The van der Waals surface area contributed by atoms with Crippen LogP contribution in [0.25, 0.3) is 11.4 Å². The number of fused-ring (bicyclic) bond motifs is 2. The summed E-state index contributed by atoms with van der Waals surface area (Å²) in [6, 6.07) is 6.75. The molecule has 98 valence electrons. The molecular weight excluding hydrogens is 236 g/mol. The first-order chi connectivity index (χ1) is 9.42. The van der Waals surface area contributed by atoms with Gasteiger partial charge in [-0.1, -0.05) is 12.1 Å². The quantitative estimate of drug-likeness (QED) is 0.845. The van der Waals surface area contributed by atoms with E-state index in [9.17, 15) is 0 Å². The van der Waals surface area contributed by atoms with Gasteiger partial charge in [0.2, 0.25) is 0 Å². The molecule has 0 atom stereocenters. The molecule has 0 spiro atoms. The molecular formula is C15H18N4. The Bertz CT molecular complexity index is 615. The second-order valence-electron chi connectivity index (χ2n) is 5.46. The van der Waals surface area contributed by atoms with Gasteiger partial charge in [0.25, 0.3) is 0 Å². The van der Waals surface area contributed by atoms with Gasteiger partial charge in [0.05, 0.1) is 0 Å². The molecule has 0 unspecified atom stereocenters. The Kier molecular flexibility index (Phi) is 2.62. The Morgan fingerprint density at radius 3 is 3.05 bits per heavy atom. The molecule has 2 aliphatic rings. The summed E-state index contributed by atoms with van der Waals surface area (Å²) in [4.78, 5) is 0. The molecule has 0 saturated carbocycles. The predicted molar refractivity (Wildman–Crippen MR) is 73.8 cm³/mol. The fourth-order valence-corrected chi connectivity index (χ4v) is 3.14. The van der Waals surface area contributed by atoms with Crippen molar-refractivity contribution >= 4 is 0 Å². The van der Waals surface area contributed by atoms with Crippen molar-refractivity contribution in [2.24, 2.45) is 0 Å². The third-order valence-electron chi connectivity index (χ3n) is 4.21. The molecule has 0 radical (unpaired) electrons. The molecule has 4 rings (SSSR count). The van der Waals surface area contributed by atoms with Gasteiger partial charge in [0, 0.05) is 25.1 Å². The van der Waals surface area contributed by atoms with Crippen molar-refractivity contribution in [3.05, 3.63) is 35.2 Å². The minimum Gasteiger partial charge on any atom is -0.312 e. The molecule has 2 aliphatic heterocycles. The van der Waals surface area contributed by atoms with Gasteiger partial charge in [-0.15, -0.1) is 10.2 Å². The van der Waals surface area contributed by atoms with E-state index >= 15 is 0 Å². The second kappa shape index (κ2) is 4.46. The van der Waals surface area contributed by atoms with Crippen LogP contribution in [-0.4, -0.2) is 21.3 Å². The lowest BCUT2D eigenvalue weighted by atomic mass is 9.98. The number of hydrogen-bond acceptors (Lipinski definition) is 3. The molecule has 0 fully saturated rings. The van der Waals surface area contributed by atoms with E-state index in [1.807, 2.05) is 0 Å². The Morgan fingerprint density at radius 2 is 2.05 bits per heavy atom. The maximum absolute atomic E-state index is 4.41. The summed E-state index contributed by atoms with van der Waals surface area (Å²) >= 11 is 0. The van der Waals surface area contributed by atoms with Crippen LogP contribution in [0.4, 0.5) is 0 Å². The van der Waals surface area contributed by atoms with Crippen LogP contribution in [0.15, 0.2) is 18.2 Å². The molecule has 4 heteroatoms. The van der Waals surface area contributed by atoms with E-state index in [1.54, 1.807) is 0 Å². The minimum atomic E-state index is 0.976. The largest absolute Gasteiger partial charge is 0.312 e. The maximum atomic E-state index is 4.41. The fraction of sp³-hybridized carbons (Fsp3) is 0.467. The van der Waals surface area contributed by atoms with Crippen molar-refractivity contribution in [1.29, 1.82) is 0 Å². The second-order valence-corrected chi connectivity index (χ2v) is 5.46. The highest BCUT2D eigenvalue weighted by Crippen LogP contribution is 2.26. The van der Waals surface area contributed by atoms with E-state index in [1.165, 1.54) is 29.5 Å². The third kappa shape index (κ3) is 1.87. The van der Waals surface area contributed by atoms with E-state index in [0.29, 0.717) is 0 Å². The van der Waals surface area contributed by atoms with Crippen molar-refractivity contribution in [1.82, 2.24) is 20.1 Å². The Morgan fingerprint density at radius 1 is 1.05 bits per heavy atom. The molecule has 4 nitrogen and oxygen atoms in total. The smallest absolute Gasteiger partial charge is 0.163 e. The van der Waals surface area contributed by atoms with Crippen molar-refractivity contribution < 1.29 is 0 Å². The highest BCUT2D eigenvalue weighted by atomic mass is 15.3. The van der Waals surface area contributed by atoms with Crippen molar-refractivity contribution in [2.75, 3.05) is 6.54 Å². The highest BCUT2D eigenvalue weighted by molar-refractivity contribution is 5.58. The number of rotatable bonds is 1. The third-order valence-corrected chi connectivity index (χ3v) is 4.21. The van der Waals surface area contributed by atoms with Gasteiger partial charge in [-0.2, -0.15) is 0 Å². The summed E-state index contributed by atoms with van der Waals surface area (Å²) in [6.45, 7) is 3.13. The topological polar surface area (TPSA) is 42.7 Å². The summed E-state index contributed by atoms with van der Waals surface area (Å²) in [5.41, 5.74) is 4.10. The van der Waals surface area contributed by atoms with Crippen molar-refractivity contribution in [3.8, 4) is 11.4 Å². The molecule has 1 aromatic heterocycles. The molecule has 0 saturated heterocycles. The minimum absolute atomic E-state index is 0.976. The lowest BCUT2D eigenvalue weighted by Gasteiger charge is -2.19. The monoisotopic (exact) mass is 254 g/mol. The highest BCUT2D eigenvalue weighted by Gasteiger charge is 2.18. The maximum Gasteiger partial charge on any atom is 0.163 e. The van der Waals surface area contributed by atoms with Crippen LogP contribution in [0.2, 0.25) is 0 Å². The number of benzene rings is 1. The van der Waals surface area contributed by atoms with E-state index < -0.39 is 0 Å². The van der Waals surface area contributed by atoms with Crippen LogP contribution >= 0.6 is 0 Å². The van der Waals surface area contributed by atoms with Crippen LogP contribution in [0, 0.1) is 0 Å². The number of aryl methyl sites for hydroxylation is 1. The summed E-state index contributed by atoms with van der Waals surface area (Å²) < 4.78 is 2.29. The molecule has 19 heavy (non-hydrogen) atoms. The number of nitrogens with one attached hydrogen (secondary N) is 1. The van der Waals surface area contributed by atoms with E-state index in [-0.39, 0.29) is 0 Å². The van der Waals surface area contributed by atoms with E-state index in [0.717, 1.165) is 44.1 Å². The van der Waals surface area contributed by atoms with Crippen molar-refractivity contribution in [2.45, 2.75) is 38.8 Å².